The van der Waals surface area contributed by atoms with Gasteiger partial charge in [-0.1, -0.05) is 47.5 Å². The van der Waals surface area contributed by atoms with Crippen molar-refractivity contribution in [3.63, 3.8) is 0 Å². The average Bonchev–Trinajstić information content (AvgIpc) is 3.01. The van der Waals surface area contributed by atoms with Crippen LogP contribution in [0.4, 0.5) is 11.4 Å². The molecular formula is C32H31ClN4O6S. The Bertz CT molecular complexity index is 1760. The van der Waals surface area contributed by atoms with Gasteiger partial charge in [-0.3, -0.25) is 13.9 Å². The van der Waals surface area contributed by atoms with Gasteiger partial charge in [0.15, 0.2) is 6.61 Å². The smallest absolute Gasteiger partial charge is 0.264 e. The molecule has 2 N–H and O–H groups in total. The Labute approximate surface area is 261 Å². The molecule has 2 amide bonds. The first-order chi connectivity index (χ1) is 21.1. The monoisotopic (exact) mass is 634 g/mol. The molecule has 44 heavy (non-hydrogen) atoms. The third-order valence-corrected chi connectivity index (χ3v) is 8.38. The van der Waals surface area contributed by atoms with E-state index in [1.165, 1.54) is 31.5 Å². The Morgan fingerprint density at radius 2 is 1.64 bits per heavy atom. The van der Waals surface area contributed by atoms with Crippen LogP contribution < -0.4 is 24.5 Å². The number of hydrogen-bond donors (Lipinski definition) is 2. The van der Waals surface area contributed by atoms with E-state index in [9.17, 15) is 18.0 Å². The van der Waals surface area contributed by atoms with Crippen LogP contribution in [0.2, 0.25) is 5.02 Å². The standard InChI is InChI=1S/C32H31ClN4O6S/c1-22-8-16-27(17-9-22)44(40,41)37(29-18-25(33)13-10-23(29)2)20-31(38)36-34-19-24-11-14-26(15-12-24)43-21-32(39)35-28-6-4-5-7-30(28)42-3/h4-19H,20-21H2,1-3H3,(H,35,39)(H,36,38)/b34-19-. The van der Waals surface area contributed by atoms with Gasteiger partial charge in [0.25, 0.3) is 21.8 Å². The first-order valence-electron chi connectivity index (χ1n) is 13.4. The van der Waals surface area contributed by atoms with Crippen LogP contribution >= 0.6 is 11.6 Å². The molecule has 10 nitrogen and oxygen atoms in total. The quantitative estimate of drug-likeness (QED) is 0.160. The Morgan fingerprint density at radius 3 is 2.34 bits per heavy atom. The molecular weight excluding hydrogens is 604 g/mol. The van der Waals surface area contributed by atoms with Gasteiger partial charge in [0, 0.05) is 5.02 Å². The summed E-state index contributed by atoms with van der Waals surface area (Å²) < 4.78 is 39.0. The van der Waals surface area contributed by atoms with Crippen molar-refractivity contribution in [3.05, 3.63) is 113 Å². The van der Waals surface area contributed by atoms with Gasteiger partial charge in [-0.2, -0.15) is 5.10 Å². The molecule has 0 heterocycles. The number of hydrazone groups is 1. The van der Waals surface area contributed by atoms with Gasteiger partial charge in [0.2, 0.25) is 0 Å². The van der Waals surface area contributed by atoms with Gasteiger partial charge in [0.1, 0.15) is 18.0 Å². The molecule has 0 atom stereocenters. The van der Waals surface area contributed by atoms with Crippen LogP contribution in [0.5, 0.6) is 11.5 Å². The summed E-state index contributed by atoms with van der Waals surface area (Å²) in [4.78, 5) is 25.2. The first kappa shape index (κ1) is 32.1. The first-order valence-corrected chi connectivity index (χ1v) is 15.2. The number of carbonyl (C=O) groups is 2. The number of benzene rings is 4. The van der Waals surface area contributed by atoms with Gasteiger partial charge < -0.3 is 14.8 Å². The van der Waals surface area contributed by atoms with Crippen molar-refractivity contribution in [3.8, 4) is 11.5 Å². The van der Waals surface area contributed by atoms with Crippen molar-refractivity contribution in [2.45, 2.75) is 18.7 Å². The van der Waals surface area contributed by atoms with Crippen LogP contribution in [0.3, 0.4) is 0 Å². The van der Waals surface area contributed by atoms with E-state index in [1.54, 1.807) is 79.7 Å². The molecule has 0 bridgehead atoms. The summed E-state index contributed by atoms with van der Waals surface area (Å²) in [6, 6.07) is 24.9. The molecule has 0 fully saturated rings. The molecule has 0 aliphatic heterocycles. The van der Waals surface area contributed by atoms with E-state index in [2.05, 4.69) is 15.8 Å². The van der Waals surface area contributed by atoms with Crippen molar-refractivity contribution in [2.24, 2.45) is 5.10 Å². The van der Waals surface area contributed by atoms with E-state index >= 15 is 0 Å². The largest absolute Gasteiger partial charge is 0.495 e. The molecule has 0 aliphatic rings. The molecule has 0 aliphatic carbocycles. The van der Waals surface area contributed by atoms with Crippen molar-refractivity contribution in [1.82, 2.24) is 5.43 Å². The number of halogens is 1. The number of rotatable bonds is 12. The summed E-state index contributed by atoms with van der Waals surface area (Å²) in [7, 11) is -2.59. The fourth-order valence-electron chi connectivity index (χ4n) is 4.07. The van der Waals surface area contributed by atoms with E-state index < -0.39 is 22.5 Å². The van der Waals surface area contributed by atoms with Gasteiger partial charge >= 0.3 is 0 Å². The Hall–Kier alpha value is -4.87. The summed E-state index contributed by atoms with van der Waals surface area (Å²) in [6.07, 6.45) is 1.40. The number of anilines is 2. The maximum absolute atomic E-state index is 13.6. The molecule has 0 unspecified atom stereocenters. The van der Waals surface area contributed by atoms with Crippen LogP contribution in [0, 0.1) is 13.8 Å². The highest BCUT2D eigenvalue weighted by molar-refractivity contribution is 7.92. The Kier molecular flexibility index (Phi) is 10.6. The second-order valence-corrected chi connectivity index (χ2v) is 12.0. The van der Waals surface area contributed by atoms with Gasteiger partial charge in [-0.25, -0.2) is 13.8 Å². The zero-order chi connectivity index (χ0) is 31.7. The highest BCUT2D eigenvalue weighted by atomic mass is 35.5. The van der Waals surface area contributed by atoms with E-state index in [4.69, 9.17) is 21.1 Å². The summed E-state index contributed by atoms with van der Waals surface area (Å²) >= 11 is 6.18. The normalized spacial score (nSPS) is 11.2. The van der Waals surface area contributed by atoms with Crippen LogP contribution in [0.25, 0.3) is 0 Å². The minimum atomic E-state index is -4.11. The zero-order valence-corrected chi connectivity index (χ0v) is 25.9. The maximum Gasteiger partial charge on any atom is 0.264 e. The number of aryl methyl sites for hydroxylation is 2. The third-order valence-electron chi connectivity index (χ3n) is 6.37. The molecule has 0 aromatic heterocycles. The lowest BCUT2D eigenvalue weighted by Gasteiger charge is -2.25. The predicted molar refractivity (Wildman–Crippen MR) is 171 cm³/mol. The SMILES string of the molecule is COc1ccccc1NC(=O)COc1ccc(/C=N\NC(=O)CN(c2cc(Cl)ccc2C)S(=O)(=O)c2ccc(C)cc2)cc1. The fraction of sp³-hybridized carbons (Fsp3) is 0.156. The van der Waals surface area contributed by atoms with E-state index in [0.717, 1.165) is 9.87 Å². The number of sulfonamides is 1. The topological polar surface area (TPSA) is 126 Å². The second-order valence-electron chi connectivity index (χ2n) is 9.65. The Morgan fingerprint density at radius 1 is 0.932 bits per heavy atom. The Balaban J connectivity index is 1.37. The van der Waals surface area contributed by atoms with Crippen LogP contribution in [0.1, 0.15) is 16.7 Å². The lowest BCUT2D eigenvalue weighted by atomic mass is 10.2. The van der Waals surface area contributed by atoms with Crippen LogP contribution in [-0.4, -0.2) is 46.7 Å². The zero-order valence-electron chi connectivity index (χ0n) is 24.3. The lowest BCUT2D eigenvalue weighted by Crippen LogP contribution is -2.40. The minimum absolute atomic E-state index is 0.0401. The average molecular weight is 635 g/mol. The van der Waals surface area contributed by atoms with Crippen LogP contribution in [0.15, 0.2) is 101 Å². The molecule has 0 saturated heterocycles. The highest BCUT2D eigenvalue weighted by Crippen LogP contribution is 2.29. The number of ether oxygens (including phenoxy) is 2. The van der Waals surface area contributed by atoms with E-state index in [-0.39, 0.29) is 23.1 Å². The highest BCUT2D eigenvalue weighted by Gasteiger charge is 2.28. The van der Waals surface area contributed by atoms with Crippen molar-refractivity contribution >= 4 is 51.0 Å². The second kappa shape index (κ2) is 14.5. The number of methoxy groups -OCH3 is 1. The molecule has 0 saturated carbocycles. The number of nitrogens with one attached hydrogen (secondary N) is 2. The summed E-state index contributed by atoms with van der Waals surface area (Å²) in [6.45, 7) is 2.85. The van der Waals surface area contributed by atoms with E-state index in [0.29, 0.717) is 33.3 Å². The summed E-state index contributed by atoms with van der Waals surface area (Å²) in [5.41, 5.74) is 5.36. The number of para-hydroxylation sites is 2. The third kappa shape index (κ3) is 8.36. The molecule has 228 valence electrons. The van der Waals surface area contributed by atoms with Gasteiger partial charge in [-0.15, -0.1) is 0 Å². The van der Waals surface area contributed by atoms with Gasteiger partial charge in [-0.05, 0) is 85.6 Å². The van der Waals surface area contributed by atoms with E-state index in [1.807, 2.05) is 6.92 Å². The van der Waals surface area contributed by atoms with Crippen molar-refractivity contribution in [2.75, 3.05) is 29.9 Å². The van der Waals surface area contributed by atoms with Crippen molar-refractivity contribution < 1.29 is 27.5 Å². The number of amides is 2. The predicted octanol–water partition coefficient (Wildman–Crippen LogP) is 5.33. The summed E-state index contributed by atoms with van der Waals surface area (Å²) in [5, 5.41) is 7.04. The number of hydrogen-bond acceptors (Lipinski definition) is 7. The fourth-order valence-corrected chi connectivity index (χ4v) is 5.71. The van der Waals surface area contributed by atoms with Crippen LogP contribution in [-0.2, 0) is 19.6 Å². The lowest BCUT2D eigenvalue weighted by molar-refractivity contribution is -0.119. The minimum Gasteiger partial charge on any atom is -0.495 e. The molecule has 4 rings (SSSR count). The molecule has 0 spiro atoms. The number of carbonyl (C=O) groups excluding carboxylic acids is 2. The molecule has 12 heteroatoms. The van der Waals surface area contributed by atoms with Gasteiger partial charge in [0.05, 0.1) is 29.6 Å². The molecule has 4 aromatic carbocycles. The van der Waals surface area contributed by atoms with Crippen molar-refractivity contribution in [1.29, 1.82) is 0 Å². The maximum atomic E-state index is 13.6. The number of nitrogens with zero attached hydrogens (tertiary/aromatic N) is 2. The summed E-state index contributed by atoms with van der Waals surface area (Å²) in [5.74, 6) is -0.0152. The molecule has 4 aromatic rings. The molecule has 0 radical (unpaired) electrons.